The van der Waals surface area contributed by atoms with Gasteiger partial charge in [0.2, 0.25) is 10.0 Å². The van der Waals surface area contributed by atoms with Gasteiger partial charge in [0.15, 0.2) is 5.82 Å². The molecule has 1 aromatic heterocycles. The van der Waals surface area contributed by atoms with Crippen LogP contribution < -0.4 is 5.73 Å². The first kappa shape index (κ1) is 16.4. The normalized spacial score (nSPS) is 12.0. The minimum absolute atomic E-state index is 0.0282. The van der Waals surface area contributed by atoms with Crippen LogP contribution in [0.4, 0.5) is 5.69 Å². The second-order valence-corrected chi connectivity index (χ2v) is 8.16. The van der Waals surface area contributed by atoms with Gasteiger partial charge in [-0.15, -0.1) is 0 Å². The van der Waals surface area contributed by atoms with E-state index in [1.54, 1.807) is 19.1 Å². The maximum Gasteiger partial charge on any atom is 0.246 e. The quantitative estimate of drug-likeness (QED) is 0.710. The molecule has 114 valence electrons. The SMILES string of the molecule is Cc1nc(CN(C)S(=O)(=O)c2c(N)cc(Br)cc2Br)n[nH]1. The fraction of sp³-hybridized carbons (Fsp3) is 0.273. The summed E-state index contributed by atoms with van der Waals surface area (Å²) >= 11 is 6.50. The molecule has 0 saturated carbocycles. The Morgan fingerprint density at radius 1 is 1.38 bits per heavy atom. The van der Waals surface area contributed by atoms with E-state index in [2.05, 4.69) is 47.0 Å². The number of rotatable bonds is 4. The van der Waals surface area contributed by atoms with Crippen LogP contribution in [0.2, 0.25) is 0 Å². The number of aryl methyl sites for hydroxylation is 1. The van der Waals surface area contributed by atoms with Gasteiger partial charge >= 0.3 is 0 Å². The Balaban J connectivity index is 2.38. The molecule has 0 amide bonds. The van der Waals surface area contributed by atoms with Gasteiger partial charge in [-0.2, -0.15) is 9.40 Å². The van der Waals surface area contributed by atoms with Crippen molar-refractivity contribution in [2.24, 2.45) is 0 Å². The van der Waals surface area contributed by atoms with Crippen molar-refractivity contribution in [1.29, 1.82) is 0 Å². The number of nitrogens with one attached hydrogen (secondary N) is 1. The van der Waals surface area contributed by atoms with Crippen LogP contribution in [0.15, 0.2) is 26.0 Å². The van der Waals surface area contributed by atoms with Crippen LogP contribution in [-0.4, -0.2) is 35.0 Å². The van der Waals surface area contributed by atoms with E-state index in [0.29, 0.717) is 20.6 Å². The minimum atomic E-state index is -3.76. The Morgan fingerprint density at radius 2 is 2.05 bits per heavy atom. The fourth-order valence-electron chi connectivity index (χ4n) is 1.75. The highest BCUT2D eigenvalue weighted by molar-refractivity contribution is 9.11. The second kappa shape index (κ2) is 6.03. The summed E-state index contributed by atoms with van der Waals surface area (Å²) in [6.45, 7) is 1.79. The number of H-pyrrole nitrogens is 1. The van der Waals surface area contributed by atoms with Crippen molar-refractivity contribution in [2.75, 3.05) is 12.8 Å². The number of sulfonamides is 1. The zero-order valence-electron chi connectivity index (χ0n) is 11.3. The third-order valence-electron chi connectivity index (χ3n) is 2.71. The molecule has 2 aromatic rings. The van der Waals surface area contributed by atoms with Gasteiger partial charge in [0, 0.05) is 16.0 Å². The zero-order valence-corrected chi connectivity index (χ0v) is 15.2. The standard InChI is InChI=1S/C11H13Br2N5O2S/c1-6-15-10(17-16-6)5-18(2)21(19,20)11-8(13)3-7(12)4-9(11)14/h3-4H,5,14H2,1-2H3,(H,15,16,17). The number of aromatic nitrogens is 3. The summed E-state index contributed by atoms with van der Waals surface area (Å²) in [5, 5.41) is 6.60. The molecular formula is C11H13Br2N5O2S. The van der Waals surface area contributed by atoms with E-state index < -0.39 is 10.0 Å². The van der Waals surface area contributed by atoms with Crippen molar-refractivity contribution in [3.63, 3.8) is 0 Å². The molecule has 0 spiro atoms. The third kappa shape index (κ3) is 3.44. The number of benzene rings is 1. The number of nitrogen functional groups attached to an aromatic ring is 1. The number of halogens is 2. The molecule has 7 nitrogen and oxygen atoms in total. The molecule has 0 saturated heterocycles. The summed E-state index contributed by atoms with van der Waals surface area (Å²) in [6, 6.07) is 3.18. The molecule has 0 radical (unpaired) electrons. The molecule has 0 aliphatic carbocycles. The van der Waals surface area contributed by atoms with E-state index in [9.17, 15) is 8.42 Å². The third-order valence-corrected chi connectivity index (χ3v) is 5.98. The molecule has 0 aliphatic heterocycles. The molecular weight excluding hydrogens is 426 g/mol. The van der Waals surface area contributed by atoms with E-state index in [4.69, 9.17) is 5.73 Å². The number of anilines is 1. The Bertz CT molecular complexity index is 752. The topological polar surface area (TPSA) is 105 Å². The van der Waals surface area contributed by atoms with Crippen molar-refractivity contribution in [3.8, 4) is 0 Å². The second-order valence-electron chi connectivity index (χ2n) is 4.40. The highest BCUT2D eigenvalue weighted by atomic mass is 79.9. The van der Waals surface area contributed by atoms with Gasteiger partial charge in [-0.3, -0.25) is 5.10 Å². The fourth-order valence-corrected chi connectivity index (χ4v) is 4.88. The van der Waals surface area contributed by atoms with Crippen LogP contribution >= 0.6 is 31.9 Å². The molecule has 2 rings (SSSR count). The van der Waals surface area contributed by atoms with Gasteiger partial charge < -0.3 is 5.73 Å². The van der Waals surface area contributed by atoms with E-state index in [1.807, 2.05) is 0 Å². The predicted octanol–water partition coefficient (Wildman–Crippen LogP) is 2.04. The number of hydrogen-bond acceptors (Lipinski definition) is 5. The Hall–Kier alpha value is -0.970. The zero-order chi connectivity index (χ0) is 15.8. The Kier molecular flexibility index (Phi) is 4.71. The molecule has 0 atom stereocenters. The van der Waals surface area contributed by atoms with Crippen LogP contribution in [-0.2, 0) is 16.6 Å². The number of aromatic amines is 1. The first-order chi connectivity index (χ1) is 9.71. The number of nitrogens with zero attached hydrogens (tertiary/aromatic N) is 3. The van der Waals surface area contributed by atoms with Gasteiger partial charge in [-0.1, -0.05) is 15.9 Å². The summed E-state index contributed by atoms with van der Waals surface area (Å²) in [4.78, 5) is 4.12. The summed E-state index contributed by atoms with van der Waals surface area (Å²) < 4.78 is 27.5. The summed E-state index contributed by atoms with van der Waals surface area (Å²) in [5.41, 5.74) is 6.00. The van der Waals surface area contributed by atoms with Gasteiger partial charge in [-0.05, 0) is 35.0 Å². The summed E-state index contributed by atoms with van der Waals surface area (Å²) in [7, 11) is -2.31. The summed E-state index contributed by atoms with van der Waals surface area (Å²) in [5.74, 6) is 1.02. The largest absolute Gasteiger partial charge is 0.398 e. The van der Waals surface area contributed by atoms with Crippen molar-refractivity contribution in [1.82, 2.24) is 19.5 Å². The molecule has 0 unspecified atom stereocenters. The predicted molar refractivity (Wildman–Crippen MR) is 86.0 cm³/mol. The lowest BCUT2D eigenvalue weighted by Crippen LogP contribution is -2.28. The first-order valence-corrected chi connectivity index (χ1v) is 8.83. The average Bonchev–Trinajstić information content (AvgIpc) is 2.72. The van der Waals surface area contributed by atoms with Crippen molar-refractivity contribution in [3.05, 3.63) is 32.7 Å². The van der Waals surface area contributed by atoms with Crippen molar-refractivity contribution >= 4 is 47.6 Å². The number of hydrogen-bond donors (Lipinski definition) is 2. The minimum Gasteiger partial charge on any atom is -0.398 e. The molecule has 21 heavy (non-hydrogen) atoms. The highest BCUT2D eigenvalue weighted by Crippen LogP contribution is 2.33. The van der Waals surface area contributed by atoms with E-state index >= 15 is 0 Å². The smallest absolute Gasteiger partial charge is 0.246 e. The van der Waals surface area contributed by atoms with Gasteiger partial charge in [-0.25, -0.2) is 13.4 Å². The molecule has 1 aromatic carbocycles. The molecule has 3 N–H and O–H groups in total. The lowest BCUT2D eigenvalue weighted by molar-refractivity contribution is 0.457. The molecule has 0 bridgehead atoms. The van der Waals surface area contributed by atoms with Gasteiger partial charge in [0.1, 0.15) is 10.7 Å². The lowest BCUT2D eigenvalue weighted by atomic mass is 10.3. The summed E-state index contributed by atoms with van der Waals surface area (Å²) in [6.07, 6.45) is 0. The van der Waals surface area contributed by atoms with Crippen LogP contribution in [0.5, 0.6) is 0 Å². The van der Waals surface area contributed by atoms with Crippen LogP contribution in [0.25, 0.3) is 0 Å². The lowest BCUT2D eigenvalue weighted by Gasteiger charge is -2.18. The maximum absolute atomic E-state index is 12.6. The van der Waals surface area contributed by atoms with Gasteiger partial charge in [0.25, 0.3) is 0 Å². The van der Waals surface area contributed by atoms with Crippen molar-refractivity contribution in [2.45, 2.75) is 18.4 Å². The maximum atomic E-state index is 12.6. The molecule has 0 aliphatic rings. The van der Waals surface area contributed by atoms with E-state index in [1.165, 1.54) is 7.05 Å². The number of nitrogens with two attached hydrogens (primary N) is 1. The molecule has 1 heterocycles. The molecule has 10 heteroatoms. The van der Waals surface area contributed by atoms with Crippen LogP contribution in [0.3, 0.4) is 0 Å². The van der Waals surface area contributed by atoms with Crippen molar-refractivity contribution < 1.29 is 8.42 Å². The molecule has 0 fully saturated rings. The Morgan fingerprint density at radius 3 is 2.57 bits per heavy atom. The Labute approximate surface area is 139 Å². The van der Waals surface area contributed by atoms with Crippen LogP contribution in [0.1, 0.15) is 11.6 Å². The van der Waals surface area contributed by atoms with Crippen LogP contribution in [0, 0.1) is 6.92 Å². The van der Waals surface area contributed by atoms with Gasteiger partial charge in [0.05, 0.1) is 12.2 Å². The highest BCUT2D eigenvalue weighted by Gasteiger charge is 2.27. The van der Waals surface area contributed by atoms with E-state index in [0.717, 1.165) is 4.31 Å². The first-order valence-electron chi connectivity index (χ1n) is 5.80. The van der Waals surface area contributed by atoms with E-state index in [-0.39, 0.29) is 17.1 Å². The average molecular weight is 439 g/mol. The monoisotopic (exact) mass is 437 g/mol.